The molecule has 2 amide bonds. The first-order valence-corrected chi connectivity index (χ1v) is 11.6. The Kier molecular flexibility index (Phi) is 8.29. The molecule has 10 heteroatoms. The van der Waals surface area contributed by atoms with E-state index in [1.54, 1.807) is 33.1 Å². The molecule has 0 bridgehead atoms. The van der Waals surface area contributed by atoms with Crippen molar-refractivity contribution in [2.24, 2.45) is 0 Å². The fourth-order valence-electron chi connectivity index (χ4n) is 2.87. The van der Waals surface area contributed by atoms with Crippen LogP contribution in [0.25, 0.3) is 0 Å². The molecule has 8 nitrogen and oxygen atoms in total. The van der Waals surface area contributed by atoms with Gasteiger partial charge < -0.3 is 15.0 Å². The third-order valence-corrected chi connectivity index (χ3v) is 7.46. The van der Waals surface area contributed by atoms with E-state index in [0.29, 0.717) is 38.3 Å². The summed E-state index contributed by atoms with van der Waals surface area (Å²) in [6.07, 6.45) is 0.675. The average molecular weight is 430 g/mol. The monoisotopic (exact) mass is 429 g/mol. The van der Waals surface area contributed by atoms with E-state index < -0.39 is 10.0 Å². The molecule has 0 atom stereocenters. The van der Waals surface area contributed by atoms with Gasteiger partial charge in [0.1, 0.15) is 6.54 Å². The van der Waals surface area contributed by atoms with Crippen LogP contribution in [0.3, 0.4) is 0 Å². The Morgan fingerprint density at radius 1 is 1.32 bits per heavy atom. The summed E-state index contributed by atoms with van der Waals surface area (Å²) < 4.78 is 31.9. The number of nitrogens with zero attached hydrogens (tertiary/aromatic N) is 2. The van der Waals surface area contributed by atoms with Gasteiger partial charge in [0.15, 0.2) is 0 Å². The zero-order chi connectivity index (χ0) is 20.7. The zero-order valence-electron chi connectivity index (χ0n) is 16.4. The fourth-order valence-corrected chi connectivity index (χ4v) is 5.27. The zero-order valence-corrected chi connectivity index (χ0v) is 18.1. The highest BCUT2D eigenvalue weighted by molar-refractivity contribution is 8.00. The van der Waals surface area contributed by atoms with Crippen molar-refractivity contribution >= 4 is 39.3 Å². The Morgan fingerprint density at radius 2 is 2.04 bits per heavy atom. The van der Waals surface area contributed by atoms with Crippen LogP contribution in [0.4, 0.5) is 5.69 Å². The molecule has 0 aliphatic carbocycles. The molecule has 156 valence electrons. The summed E-state index contributed by atoms with van der Waals surface area (Å²) in [6, 6.07) is 4.75. The molecular weight excluding hydrogens is 402 g/mol. The molecule has 0 radical (unpaired) electrons. The molecule has 1 aromatic carbocycles. The minimum Gasteiger partial charge on any atom is -0.385 e. The highest BCUT2D eigenvalue weighted by atomic mass is 32.2. The van der Waals surface area contributed by atoms with Gasteiger partial charge >= 0.3 is 0 Å². The summed E-state index contributed by atoms with van der Waals surface area (Å²) in [7, 11) is -2.06. The van der Waals surface area contributed by atoms with Crippen molar-refractivity contribution in [3.8, 4) is 0 Å². The number of ether oxygens (including phenoxy) is 1. The van der Waals surface area contributed by atoms with Crippen molar-refractivity contribution in [1.82, 2.24) is 9.62 Å². The number of thioether (sulfide) groups is 1. The molecule has 1 aliphatic heterocycles. The Morgan fingerprint density at radius 3 is 2.68 bits per heavy atom. The molecule has 1 aromatic rings. The van der Waals surface area contributed by atoms with Crippen molar-refractivity contribution in [2.45, 2.75) is 30.1 Å². The third-order valence-electron chi connectivity index (χ3n) is 4.37. The van der Waals surface area contributed by atoms with Gasteiger partial charge in [-0.05, 0) is 24.6 Å². The van der Waals surface area contributed by atoms with Gasteiger partial charge in [0.2, 0.25) is 21.8 Å². The fraction of sp³-hybridized carbons (Fsp3) is 0.556. The Hall–Kier alpha value is -1.62. The molecule has 2 rings (SSSR count). The number of benzene rings is 1. The summed E-state index contributed by atoms with van der Waals surface area (Å²) in [6.45, 7) is 5.11. The molecule has 0 saturated heterocycles. The van der Waals surface area contributed by atoms with Gasteiger partial charge in [-0.1, -0.05) is 13.8 Å². The van der Waals surface area contributed by atoms with Crippen LogP contribution in [0.5, 0.6) is 0 Å². The number of fused-ring (bicyclic) bond motifs is 1. The first-order valence-electron chi connectivity index (χ1n) is 9.18. The first kappa shape index (κ1) is 22.7. The Labute approximate surface area is 170 Å². The molecular formula is C18H27N3O5S2. The topological polar surface area (TPSA) is 96.0 Å². The van der Waals surface area contributed by atoms with Gasteiger partial charge in [0, 0.05) is 38.2 Å². The number of carbonyl (C=O) groups excluding carboxylic acids is 2. The van der Waals surface area contributed by atoms with E-state index in [1.165, 1.54) is 27.0 Å². The van der Waals surface area contributed by atoms with Crippen LogP contribution in [0.1, 0.15) is 20.3 Å². The number of carbonyl (C=O) groups is 2. The van der Waals surface area contributed by atoms with Crippen LogP contribution in [0, 0.1) is 0 Å². The lowest BCUT2D eigenvalue weighted by Crippen LogP contribution is -2.43. The van der Waals surface area contributed by atoms with Gasteiger partial charge in [-0.15, -0.1) is 11.8 Å². The summed E-state index contributed by atoms with van der Waals surface area (Å²) in [5.41, 5.74) is 0.460. The van der Waals surface area contributed by atoms with E-state index in [2.05, 4.69) is 5.32 Å². The number of hydrogen-bond donors (Lipinski definition) is 1. The lowest BCUT2D eigenvalue weighted by atomic mass is 10.2. The number of amides is 2. The third kappa shape index (κ3) is 5.25. The SMILES string of the molecule is CCN(CC)S(=O)(=O)c1ccc2c(c1)N(CC(=O)NCCCOC)C(=O)CS2. The molecule has 28 heavy (non-hydrogen) atoms. The van der Waals surface area contributed by atoms with Gasteiger partial charge in [0.25, 0.3) is 0 Å². The molecule has 1 aliphatic rings. The molecule has 1 heterocycles. The van der Waals surface area contributed by atoms with Crippen LogP contribution >= 0.6 is 11.8 Å². The van der Waals surface area contributed by atoms with E-state index >= 15 is 0 Å². The van der Waals surface area contributed by atoms with Crippen LogP contribution in [-0.2, 0) is 24.3 Å². The van der Waals surface area contributed by atoms with Crippen molar-refractivity contribution in [3.63, 3.8) is 0 Å². The van der Waals surface area contributed by atoms with Gasteiger partial charge in [-0.25, -0.2) is 8.42 Å². The lowest BCUT2D eigenvalue weighted by molar-refractivity contribution is -0.123. The predicted octanol–water partition coefficient (Wildman–Crippen LogP) is 1.31. The molecule has 0 saturated carbocycles. The number of sulfonamides is 1. The normalized spacial score (nSPS) is 14.3. The number of hydrogen-bond acceptors (Lipinski definition) is 6. The first-order chi connectivity index (χ1) is 13.3. The molecule has 1 N–H and O–H groups in total. The van der Waals surface area contributed by atoms with Crippen LogP contribution in [0.2, 0.25) is 0 Å². The highest BCUT2D eigenvalue weighted by Gasteiger charge is 2.29. The summed E-state index contributed by atoms with van der Waals surface area (Å²) in [5, 5.41) is 2.75. The number of nitrogens with one attached hydrogen (secondary N) is 1. The van der Waals surface area contributed by atoms with E-state index in [-0.39, 0.29) is 29.0 Å². The minimum absolute atomic E-state index is 0.121. The van der Waals surface area contributed by atoms with Crippen molar-refractivity contribution < 1.29 is 22.7 Å². The van der Waals surface area contributed by atoms with Gasteiger partial charge in [0.05, 0.1) is 16.3 Å². The van der Waals surface area contributed by atoms with Crippen molar-refractivity contribution in [2.75, 3.05) is 50.5 Å². The second-order valence-corrected chi connectivity index (χ2v) is 9.14. The summed E-state index contributed by atoms with van der Waals surface area (Å²) in [4.78, 5) is 26.9. The van der Waals surface area contributed by atoms with Crippen LogP contribution in [0.15, 0.2) is 28.0 Å². The number of methoxy groups -OCH3 is 1. The maximum atomic E-state index is 12.8. The Bertz CT molecular complexity index is 809. The van der Waals surface area contributed by atoms with Crippen molar-refractivity contribution in [1.29, 1.82) is 0 Å². The summed E-state index contributed by atoms with van der Waals surface area (Å²) >= 11 is 1.34. The van der Waals surface area contributed by atoms with E-state index in [9.17, 15) is 18.0 Å². The quantitative estimate of drug-likeness (QED) is 0.564. The van der Waals surface area contributed by atoms with Gasteiger partial charge in [-0.2, -0.15) is 4.31 Å². The number of rotatable bonds is 10. The summed E-state index contributed by atoms with van der Waals surface area (Å²) in [5.74, 6) is -0.298. The average Bonchev–Trinajstić information content (AvgIpc) is 2.68. The Balaban J connectivity index is 2.25. The maximum Gasteiger partial charge on any atom is 0.243 e. The second-order valence-electron chi connectivity index (χ2n) is 6.18. The largest absolute Gasteiger partial charge is 0.385 e. The van der Waals surface area contributed by atoms with Crippen LogP contribution < -0.4 is 10.2 Å². The number of anilines is 1. The standard InChI is InChI=1S/C18H27N3O5S2/c1-4-20(5-2)28(24,25)14-7-8-16-15(11-14)21(18(23)13-27-16)12-17(22)19-9-6-10-26-3/h7-8,11H,4-6,9-10,12-13H2,1-3H3,(H,19,22). The highest BCUT2D eigenvalue weighted by Crippen LogP contribution is 2.37. The molecule has 0 fully saturated rings. The molecule has 0 unspecified atom stereocenters. The van der Waals surface area contributed by atoms with Crippen LogP contribution in [-0.4, -0.2) is 70.2 Å². The van der Waals surface area contributed by atoms with Gasteiger partial charge in [-0.3, -0.25) is 9.59 Å². The molecule has 0 spiro atoms. The second kappa shape index (κ2) is 10.2. The van der Waals surface area contributed by atoms with E-state index in [4.69, 9.17) is 4.74 Å². The lowest BCUT2D eigenvalue weighted by Gasteiger charge is -2.29. The molecule has 0 aromatic heterocycles. The smallest absolute Gasteiger partial charge is 0.243 e. The minimum atomic E-state index is -3.65. The van der Waals surface area contributed by atoms with E-state index in [0.717, 1.165) is 4.90 Å². The van der Waals surface area contributed by atoms with Crippen molar-refractivity contribution in [3.05, 3.63) is 18.2 Å². The van der Waals surface area contributed by atoms with E-state index in [1.807, 2.05) is 0 Å². The predicted molar refractivity (Wildman–Crippen MR) is 109 cm³/mol. The maximum absolute atomic E-state index is 12.8.